The third kappa shape index (κ3) is 5.03. The first kappa shape index (κ1) is 17.9. The predicted octanol–water partition coefficient (Wildman–Crippen LogP) is 0.404. The van der Waals surface area contributed by atoms with Crippen LogP contribution in [0, 0.1) is 5.82 Å². The summed E-state index contributed by atoms with van der Waals surface area (Å²) >= 11 is 5.75. The zero-order valence-corrected chi connectivity index (χ0v) is 13.9. The van der Waals surface area contributed by atoms with Crippen LogP contribution in [0.15, 0.2) is 28.1 Å². The first-order valence-electron chi connectivity index (χ1n) is 6.97. The highest BCUT2D eigenvalue weighted by Gasteiger charge is 2.18. The van der Waals surface area contributed by atoms with Crippen LogP contribution in [0.1, 0.15) is 0 Å². The van der Waals surface area contributed by atoms with E-state index in [9.17, 15) is 12.8 Å². The van der Waals surface area contributed by atoms with Crippen molar-refractivity contribution in [2.24, 2.45) is 10.7 Å². The number of ether oxygens (including phenoxy) is 1. The van der Waals surface area contributed by atoms with Crippen molar-refractivity contribution in [1.82, 2.24) is 9.62 Å². The van der Waals surface area contributed by atoms with E-state index < -0.39 is 15.8 Å². The minimum Gasteiger partial charge on any atom is -0.378 e. The average Bonchev–Trinajstić information content (AvgIpc) is 2.52. The van der Waals surface area contributed by atoms with Crippen LogP contribution in [0.25, 0.3) is 0 Å². The molecule has 23 heavy (non-hydrogen) atoms. The molecule has 0 unspecified atom stereocenters. The van der Waals surface area contributed by atoms with Crippen LogP contribution in [0.5, 0.6) is 0 Å². The Bertz CT molecular complexity index is 678. The summed E-state index contributed by atoms with van der Waals surface area (Å²) in [4.78, 5) is 5.82. The van der Waals surface area contributed by atoms with Gasteiger partial charge in [0.15, 0.2) is 5.96 Å². The maximum absolute atomic E-state index is 13.0. The molecular formula is C13H18ClFN4O3S. The molecular weight excluding hydrogens is 347 g/mol. The number of nitrogens with one attached hydrogen (secondary N) is 1. The molecule has 0 aliphatic carbocycles. The van der Waals surface area contributed by atoms with Crippen LogP contribution in [0.4, 0.5) is 4.39 Å². The van der Waals surface area contributed by atoms with E-state index in [2.05, 4.69) is 9.71 Å². The maximum atomic E-state index is 13.0. The first-order valence-corrected chi connectivity index (χ1v) is 8.83. The zero-order valence-electron chi connectivity index (χ0n) is 12.3. The van der Waals surface area contributed by atoms with Gasteiger partial charge in [0.05, 0.1) is 24.8 Å². The minimum absolute atomic E-state index is 0.0566. The fourth-order valence-electron chi connectivity index (χ4n) is 2.01. The van der Waals surface area contributed by atoms with Crippen molar-refractivity contribution in [3.05, 3.63) is 29.0 Å². The SMILES string of the molecule is NC(=NCCNS(=O)(=O)c1ccc(F)cc1Cl)N1CCOCC1. The molecule has 0 amide bonds. The normalized spacial score (nSPS) is 16.6. The van der Waals surface area contributed by atoms with Crippen molar-refractivity contribution in [2.45, 2.75) is 4.90 Å². The van der Waals surface area contributed by atoms with E-state index in [1.165, 1.54) is 0 Å². The highest BCUT2D eigenvalue weighted by molar-refractivity contribution is 7.89. The van der Waals surface area contributed by atoms with Crippen molar-refractivity contribution < 1.29 is 17.5 Å². The van der Waals surface area contributed by atoms with Crippen LogP contribution in [-0.2, 0) is 14.8 Å². The lowest BCUT2D eigenvalue weighted by Gasteiger charge is -2.27. The maximum Gasteiger partial charge on any atom is 0.242 e. The third-order valence-corrected chi connectivity index (χ3v) is 5.14. The Morgan fingerprint density at radius 2 is 2.13 bits per heavy atom. The Morgan fingerprint density at radius 1 is 1.43 bits per heavy atom. The van der Waals surface area contributed by atoms with Crippen molar-refractivity contribution in [2.75, 3.05) is 39.4 Å². The lowest BCUT2D eigenvalue weighted by molar-refractivity contribution is 0.0674. The summed E-state index contributed by atoms with van der Waals surface area (Å²) < 4.78 is 44.7. The van der Waals surface area contributed by atoms with Gasteiger partial charge >= 0.3 is 0 Å². The quantitative estimate of drug-likeness (QED) is 0.448. The number of nitrogens with zero attached hydrogens (tertiary/aromatic N) is 2. The Balaban J connectivity index is 1.89. The van der Waals surface area contributed by atoms with E-state index in [-0.39, 0.29) is 23.0 Å². The second-order valence-electron chi connectivity index (χ2n) is 4.81. The van der Waals surface area contributed by atoms with Crippen molar-refractivity contribution in [3.8, 4) is 0 Å². The largest absolute Gasteiger partial charge is 0.378 e. The summed E-state index contributed by atoms with van der Waals surface area (Å²) in [5.41, 5.74) is 5.83. The molecule has 128 valence electrons. The van der Waals surface area contributed by atoms with Gasteiger partial charge in [-0.05, 0) is 18.2 Å². The Hall–Kier alpha value is -1.42. The molecule has 0 atom stereocenters. The van der Waals surface area contributed by atoms with Crippen molar-refractivity contribution >= 4 is 27.6 Å². The van der Waals surface area contributed by atoms with E-state index in [0.717, 1.165) is 18.2 Å². The third-order valence-electron chi connectivity index (χ3n) is 3.20. The molecule has 2 rings (SSSR count). The molecule has 1 aromatic carbocycles. The number of morpholine rings is 1. The lowest BCUT2D eigenvalue weighted by atomic mass is 10.3. The number of nitrogens with two attached hydrogens (primary N) is 1. The Labute approximate surface area is 139 Å². The smallest absolute Gasteiger partial charge is 0.242 e. The van der Waals surface area contributed by atoms with Gasteiger partial charge < -0.3 is 15.4 Å². The first-order chi connectivity index (χ1) is 10.9. The van der Waals surface area contributed by atoms with E-state index in [1.807, 2.05) is 4.90 Å². The fourth-order valence-corrected chi connectivity index (χ4v) is 3.56. The molecule has 0 radical (unpaired) electrons. The molecule has 0 bridgehead atoms. The molecule has 1 aliphatic rings. The Morgan fingerprint density at radius 3 is 2.78 bits per heavy atom. The molecule has 1 aromatic rings. The van der Waals surface area contributed by atoms with Crippen LogP contribution < -0.4 is 10.5 Å². The second-order valence-corrected chi connectivity index (χ2v) is 6.95. The molecule has 0 aromatic heterocycles. The average molecular weight is 365 g/mol. The van der Waals surface area contributed by atoms with E-state index in [1.54, 1.807) is 0 Å². The van der Waals surface area contributed by atoms with Crippen LogP contribution >= 0.6 is 11.6 Å². The molecule has 3 N–H and O–H groups in total. The highest BCUT2D eigenvalue weighted by Crippen LogP contribution is 2.21. The number of aliphatic imine (C=N–C) groups is 1. The summed E-state index contributed by atoms with van der Waals surface area (Å²) in [6.45, 7) is 2.73. The summed E-state index contributed by atoms with van der Waals surface area (Å²) in [6.07, 6.45) is 0. The van der Waals surface area contributed by atoms with E-state index >= 15 is 0 Å². The van der Waals surface area contributed by atoms with Gasteiger partial charge in [0, 0.05) is 19.6 Å². The number of hydrogen-bond acceptors (Lipinski definition) is 4. The highest BCUT2D eigenvalue weighted by atomic mass is 35.5. The van der Waals surface area contributed by atoms with Crippen molar-refractivity contribution in [3.63, 3.8) is 0 Å². The summed E-state index contributed by atoms with van der Waals surface area (Å²) in [7, 11) is -3.82. The van der Waals surface area contributed by atoms with Crippen LogP contribution in [0.2, 0.25) is 5.02 Å². The van der Waals surface area contributed by atoms with E-state index in [4.69, 9.17) is 22.1 Å². The van der Waals surface area contributed by atoms with Gasteiger partial charge in [0.2, 0.25) is 10.0 Å². The molecule has 7 nitrogen and oxygen atoms in total. The summed E-state index contributed by atoms with van der Waals surface area (Å²) in [5.74, 6) is -0.246. The zero-order chi connectivity index (χ0) is 16.9. The molecule has 1 aliphatic heterocycles. The van der Waals surface area contributed by atoms with Gasteiger partial charge in [0.25, 0.3) is 0 Å². The number of benzene rings is 1. The van der Waals surface area contributed by atoms with Gasteiger partial charge in [-0.25, -0.2) is 17.5 Å². The molecule has 1 heterocycles. The monoisotopic (exact) mass is 364 g/mol. The van der Waals surface area contributed by atoms with E-state index in [0.29, 0.717) is 32.3 Å². The van der Waals surface area contributed by atoms with Gasteiger partial charge in [-0.2, -0.15) is 0 Å². The lowest BCUT2D eigenvalue weighted by Crippen LogP contribution is -2.45. The number of guanidine groups is 1. The second kappa shape index (κ2) is 7.91. The van der Waals surface area contributed by atoms with Gasteiger partial charge in [-0.1, -0.05) is 11.6 Å². The molecule has 1 saturated heterocycles. The molecule has 1 fully saturated rings. The van der Waals surface area contributed by atoms with Gasteiger partial charge in [-0.15, -0.1) is 0 Å². The van der Waals surface area contributed by atoms with Crippen molar-refractivity contribution in [1.29, 1.82) is 0 Å². The Kier molecular flexibility index (Phi) is 6.17. The number of hydrogen-bond donors (Lipinski definition) is 2. The van der Waals surface area contributed by atoms with Crippen LogP contribution in [-0.4, -0.2) is 58.7 Å². The molecule has 0 spiro atoms. The number of sulfonamides is 1. The van der Waals surface area contributed by atoms with Crippen LogP contribution in [0.3, 0.4) is 0 Å². The number of halogens is 2. The van der Waals surface area contributed by atoms with Gasteiger partial charge in [-0.3, -0.25) is 4.99 Å². The topological polar surface area (TPSA) is 97.0 Å². The summed E-state index contributed by atoms with van der Waals surface area (Å²) in [5, 5.41) is -0.172. The molecule has 0 saturated carbocycles. The standard InChI is InChI=1S/C13H18ClFN4O3S/c14-11-9-10(15)1-2-12(11)23(20,21)18-4-3-17-13(16)19-5-7-22-8-6-19/h1-2,9,18H,3-8H2,(H2,16,17). The fraction of sp³-hybridized carbons (Fsp3) is 0.462. The minimum atomic E-state index is -3.82. The predicted molar refractivity (Wildman–Crippen MR) is 85.5 cm³/mol. The summed E-state index contributed by atoms with van der Waals surface area (Å²) in [6, 6.07) is 3.10. The number of rotatable bonds is 5. The van der Waals surface area contributed by atoms with Gasteiger partial charge in [0.1, 0.15) is 10.7 Å². The molecule has 10 heteroatoms.